The van der Waals surface area contributed by atoms with Gasteiger partial charge in [-0.3, -0.25) is 0 Å². The van der Waals surface area contributed by atoms with Gasteiger partial charge in [0.15, 0.2) is 6.20 Å². The molecule has 0 aliphatic carbocycles. The number of hydrogen-bond acceptors (Lipinski definition) is 1. The summed E-state index contributed by atoms with van der Waals surface area (Å²) in [6, 6.07) is 17.4. The molecule has 3 nitrogen and oxygen atoms in total. The zero-order chi connectivity index (χ0) is 18.5. The second-order valence-electron chi connectivity index (χ2n) is 7.38. The standard InChI is InChI=1S/C24H22N3/c1-16-12-23-21(25-24-10-7-11-27(23)24)13-20(16)22-14-19(17(2)15-26(22)3)18-8-5-4-6-9-18/h4-9,11-15H,10H2,1-3H3/q+1. The van der Waals surface area contributed by atoms with Crippen molar-refractivity contribution < 1.29 is 4.57 Å². The highest BCUT2D eigenvalue weighted by molar-refractivity contribution is 5.86. The lowest BCUT2D eigenvalue weighted by Gasteiger charge is -2.10. The molecule has 0 spiro atoms. The highest BCUT2D eigenvalue weighted by atomic mass is 15.1. The Kier molecular flexibility index (Phi) is 3.51. The Morgan fingerprint density at radius 1 is 0.963 bits per heavy atom. The summed E-state index contributed by atoms with van der Waals surface area (Å²) in [5.41, 5.74) is 9.78. The zero-order valence-electron chi connectivity index (χ0n) is 15.9. The summed E-state index contributed by atoms with van der Waals surface area (Å²) in [6.07, 6.45) is 7.43. The fourth-order valence-corrected chi connectivity index (χ4v) is 4.12. The Bertz CT molecular complexity index is 1210. The van der Waals surface area contributed by atoms with Crippen LogP contribution in [0.15, 0.2) is 60.8 Å². The van der Waals surface area contributed by atoms with Crippen molar-refractivity contribution in [3.8, 4) is 22.4 Å². The van der Waals surface area contributed by atoms with Gasteiger partial charge in [-0.2, -0.15) is 0 Å². The first kappa shape index (κ1) is 16.0. The molecule has 27 heavy (non-hydrogen) atoms. The van der Waals surface area contributed by atoms with Gasteiger partial charge in [0.05, 0.1) is 16.6 Å². The molecule has 0 radical (unpaired) electrons. The molecule has 0 amide bonds. The molecule has 0 atom stereocenters. The van der Waals surface area contributed by atoms with Gasteiger partial charge in [0.1, 0.15) is 12.9 Å². The highest BCUT2D eigenvalue weighted by Gasteiger charge is 2.20. The third kappa shape index (κ3) is 2.50. The van der Waals surface area contributed by atoms with Crippen molar-refractivity contribution in [3.63, 3.8) is 0 Å². The maximum Gasteiger partial charge on any atom is 0.213 e. The summed E-state index contributed by atoms with van der Waals surface area (Å²) in [6.45, 7) is 4.36. The lowest BCUT2D eigenvalue weighted by molar-refractivity contribution is -0.660. The second-order valence-corrected chi connectivity index (χ2v) is 7.38. The lowest BCUT2D eigenvalue weighted by atomic mass is 9.97. The largest absolute Gasteiger partial charge is 0.303 e. The van der Waals surface area contributed by atoms with Gasteiger partial charge < -0.3 is 4.57 Å². The van der Waals surface area contributed by atoms with E-state index in [9.17, 15) is 0 Å². The van der Waals surface area contributed by atoms with E-state index in [2.05, 4.69) is 97.0 Å². The van der Waals surface area contributed by atoms with Gasteiger partial charge in [-0.1, -0.05) is 36.4 Å². The maximum absolute atomic E-state index is 4.84. The van der Waals surface area contributed by atoms with Gasteiger partial charge in [0.25, 0.3) is 0 Å². The Balaban J connectivity index is 1.73. The lowest BCUT2D eigenvalue weighted by Crippen LogP contribution is -2.31. The number of pyridine rings is 1. The SMILES string of the molecule is Cc1c[n+](C)c(-c2cc3nc4n(c3cc2C)C=CC4)cc1-c1ccccc1. The molecule has 3 heteroatoms. The molecule has 0 unspecified atom stereocenters. The van der Waals surface area contributed by atoms with Crippen LogP contribution in [0, 0.1) is 13.8 Å². The van der Waals surface area contributed by atoms with E-state index < -0.39 is 0 Å². The van der Waals surface area contributed by atoms with Crippen LogP contribution >= 0.6 is 0 Å². The van der Waals surface area contributed by atoms with Gasteiger partial charge in [0, 0.05) is 24.3 Å². The number of imidazole rings is 1. The van der Waals surface area contributed by atoms with E-state index >= 15 is 0 Å². The molecule has 2 aromatic carbocycles. The number of hydrogen-bond donors (Lipinski definition) is 0. The minimum absolute atomic E-state index is 0.916. The number of nitrogens with zero attached hydrogens (tertiary/aromatic N) is 3. The molecule has 2 aromatic heterocycles. The van der Waals surface area contributed by atoms with Crippen LogP contribution in [0.25, 0.3) is 39.6 Å². The quantitative estimate of drug-likeness (QED) is 0.473. The van der Waals surface area contributed by atoms with Crippen LogP contribution in [-0.2, 0) is 13.5 Å². The first-order valence-corrected chi connectivity index (χ1v) is 9.36. The molecule has 1 aliphatic rings. The minimum Gasteiger partial charge on any atom is -0.303 e. The molecular weight excluding hydrogens is 330 g/mol. The van der Waals surface area contributed by atoms with E-state index in [0.717, 1.165) is 17.8 Å². The number of fused-ring (bicyclic) bond motifs is 3. The summed E-state index contributed by atoms with van der Waals surface area (Å²) < 4.78 is 4.43. The Hall–Kier alpha value is -3.20. The fraction of sp³-hybridized carbons (Fsp3) is 0.167. The van der Waals surface area contributed by atoms with Crippen molar-refractivity contribution in [2.24, 2.45) is 7.05 Å². The average Bonchev–Trinajstić information content (AvgIpc) is 3.24. The monoisotopic (exact) mass is 352 g/mol. The molecule has 3 heterocycles. The number of rotatable bonds is 2. The molecule has 0 N–H and O–H groups in total. The smallest absolute Gasteiger partial charge is 0.213 e. The molecular formula is C24H22N3+. The Morgan fingerprint density at radius 3 is 2.59 bits per heavy atom. The Morgan fingerprint density at radius 2 is 1.78 bits per heavy atom. The molecule has 0 saturated heterocycles. The second kappa shape index (κ2) is 5.92. The normalized spacial score (nSPS) is 12.7. The van der Waals surface area contributed by atoms with Crippen molar-refractivity contribution >= 4 is 17.2 Å². The predicted molar refractivity (Wildman–Crippen MR) is 110 cm³/mol. The molecule has 4 aromatic rings. The highest BCUT2D eigenvalue weighted by Crippen LogP contribution is 2.31. The van der Waals surface area contributed by atoms with Gasteiger partial charge in [-0.05, 0) is 42.7 Å². The summed E-state index contributed by atoms with van der Waals surface area (Å²) in [5.74, 6) is 1.12. The van der Waals surface area contributed by atoms with Crippen molar-refractivity contribution in [2.45, 2.75) is 20.3 Å². The van der Waals surface area contributed by atoms with Crippen LogP contribution in [0.3, 0.4) is 0 Å². The third-order valence-corrected chi connectivity index (χ3v) is 5.50. The van der Waals surface area contributed by atoms with Crippen LogP contribution in [0.5, 0.6) is 0 Å². The molecule has 0 saturated carbocycles. The first-order valence-electron chi connectivity index (χ1n) is 9.36. The van der Waals surface area contributed by atoms with Crippen molar-refractivity contribution in [1.29, 1.82) is 0 Å². The number of allylic oxidation sites excluding steroid dienone is 1. The van der Waals surface area contributed by atoms with Crippen LogP contribution in [0.1, 0.15) is 17.0 Å². The fourth-order valence-electron chi connectivity index (χ4n) is 4.12. The van der Waals surface area contributed by atoms with Crippen molar-refractivity contribution in [2.75, 3.05) is 0 Å². The first-order chi connectivity index (χ1) is 13.1. The number of benzene rings is 2. The molecule has 1 aliphatic heterocycles. The van der Waals surface area contributed by atoms with Crippen LogP contribution in [0.4, 0.5) is 0 Å². The maximum atomic E-state index is 4.84. The number of aryl methyl sites for hydroxylation is 3. The van der Waals surface area contributed by atoms with Crippen LogP contribution in [0.2, 0.25) is 0 Å². The topological polar surface area (TPSA) is 21.7 Å². The van der Waals surface area contributed by atoms with Gasteiger partial charge in [-0.15, -0.1) is 0 Å². The van der Waals surface area contributed by atoms with Crippen LogP contribution in [-0.4, -0.2) is 9.55 Å². The number of aromatic nitrogens is 3. The molecule has 0 bridgehead atoms. The third-order valence-electron chi connectivity index (χ3n) is 5.50. The zero-order valence-corrected chi connectivity index (χ0v) is 15.9. The van der Waals surface area contributed by atoms with Crippen molar-refractivity contribution in [3.05, 3.63) is 77.8 Å². The van der Waals surface area contributed by atoms with E-state index in [4.69, 9.17) is 4.98 Å². The van der Waals surface area contributed by atoms with Gasteiger partial charge in [0.2, 0.25) is 5.69 Å². The summed E-state index contributed by atoms with van der Waals surface area (Å²) in [7, 11) is 2.12. The van der Waals surface area contributed by atoms with E-state index in [1.54, 1.807) is 0 Å². The van der Waals surface area contributed by atoms with E-state index in [1.807, 2.05) is 0 Å². The van der Waals surface area contributed by atoms with Gasteiger partial charge in [-0.25, -0.2) is 9.55 Å². The van der Waals surface area contributed by atoms with Crippen molar-refractivity contribution in [1.82, 2.24) is 9.55 Å². The van der Waals surface area contributed by atoms with Crippen LogP contribution < -0.4 is 4.57 Å². The molecule has 5 rings (SSSR count). The van der Waals surface area contributed by atoms with E-state index in [1.165, 1.54) is 39.0 Å². The predicted octanol–water partition coefficient (Wildman–Crippen LogP) is 4.84. The molecule has 132 valence electrons. The van der Waals surface area contributed by atoms with E-state index in [-0.39, 0.29) is 0 Å². The molecule has 0 fully saturated rings. The Labute approximate surface area is 159 Å². The summed E-state index contributed by atoms with van der Waals surface area (Å²) in [4.78, 5) is 4.84. The summed E-state index contributed by atoms with van der Waals surface area (Å²) >= 11 is 0. The minimum atomic E-state index is 0.916. The van der Waals surface area contributed by atoms with E-state index in [0.29, 0.717) is 0 Å². The average molecular weight is 352 g/mol. The van der Waals surface area contributed by atoms with Gasteiger partial charge >= 0.3 is 0 Å². The summed E-state index contributed by atoms with van der Waals surface area (Å²) in [5, 5.41) is 0.